The van der Waals surface area contributed by atoms with Crippen molar-refractivity contribution in [2.24, 2.45) is 18.9 Å². The number of aromatic nitrogens is 3. The predicted octanol–water partition coefficient (Wildman–Crippen LogP) is 4.42. The number of benzene rings is 1. The summed E-state index contributed by atoms with van der Waals surface area (Å²) in [6.07, 6.45) is 7.97. The summed E-state index contributed by atoms with van der Waals surface area (Å²) in [4.78, 5) is 45.6. The Labute approximate surface area is 223 Å². The SMILES string of the molecule is Cc1[nH]c([C@@H](Cc2cn(C)c3ccccc23)NC(=O)[C@H](CC(=O)NC2CCCCC2)C(C)C)nc1C(=O)O. The van der Waals surface area contributed by atoms with E-state index in [4.69, 9.17) is 0 Å². The second-order valence-corrected chi connectivity index (χ2v) is 10.9. The summed E-state index contributed by atoms with van der Waals surface area (Å²) in [5, 5.41) is 16.8. The Morgan fingerprint density at radius 2 is 1.87 bits per heavy atom. The number of nitrogens with one attached hydrogen (secondary N) is 3. The summed E-state index contributed by atoms with van der Waals surface area (Å²) in [6.45, 7) is 5.54. The van der Waals surface area contributed by atoms with E-state index in [1.807, 2.05) is 55.9 Å². The van der Waals surface area contributed by atoms with Crippen LogP contribution in [-0.4, -0.2) is 43.5 Å². The van der Waals surface area contributed by atoms with Gasteiger partial charge in [-0.25, -0.2) is 9.78 Å². The average Bonchev–Trinajstić information content (AvgIpc) is 3.42. The highest BCUT2D eigenvalue weighted by Crippen LogP contribution is 2.27. The molecule has 9 heteroatoms. The number of para-hydroxylation sites is 1. The molecule has 4 N–H and O–H groups in total. The molecule has 0 bridgehead atoms. The zero-order chi connectivity index (χ0) is 27.4. The number of hydrogen-bond donors (Lipinski definition) is 4. The maximum absolute atomic E-state index is 13.6. The number of fused-ring (bicyclic) bond motifs is 1. The fraction of sp³-hybridized carbons (Fsp3) is 0.517. The number of aromatic carboxylic acids is 1. The first kappa shape index (κ1) is 27.4. The zero-order valence-corrected chi connectivity index (χ0v) is 22.7. The van der Waals surface area contributed by atoms with E-state index in [1.165, 1.54) is 6.42 Å². The third kappa shape index (κ3) is 6.26. The second-order valence-electron chi connectivity index (χ2n) is 10.9. The first-order valence-electron chi connectivity index (χ1n) is 13.6. The average molecular weight is 522 g/mol. The van der Waals surface area contributed by atoms with E-state index >= 15 is 0 Å². The van der Waals surface area contributed by atoms with Gasteiger partial charge in [0.2, 0.25) is 11.8 Å². The van der Waals surface area contributed by atoms with Crippen molar-refractivity contribution in [3.8, 4) is 0 Å². The fourth-order valence-corrected chi connectivity index (χ4v) is 5.52. The Hall–Kier alpha value is -3.62. The highest BCUT2D eigenvalue weighted by molar-refractivity contribution is 5.88. The molecule has 2 atom stereocenters. The van der Waals surface area contributed by atoms with Crippen LogP contribution in [0, 0.1) is 18.8 Å². The van der Waals surface area contributed by atoms with Crippen molar-refractivity contribution in [3.63, 3.8) is 0 Å². The lowest BCUT2D eigenvalue weighted by Gasteiger charge is -2.26. The molecule has 38 heavy (non-hydrogen) atoms. The molecule has 0 spiro atoms. The van der Waals surface area contributed by atoms with E-state index in [1.54, 1.807) is 6.92 Å². The number of carbonyl (C=O) groups excluding carboxylic acids is 2. The van der Waals surface area contributed by atoms with Crippen molar-refractivity contribution in [1.82, 2.24) is 25.2 Å². The minimum Gasteiger partial charge on any atom is -0.476 e. The van der Waals surface area contributed by atoms with E-state index in [0.717, 1.165) is 42.1 Å². The van der Waals surface area contributed by atoms with Gasteiger partial charge in [-0.15, -0.1) is 0 Å². The number of aryl methyl sites for hydroxylation is 2. The molecule has 9 nitrogen and oxygen atoms in total. The molecule has 0 unspecified atom stereocenters. The molecule has 204 valence electrons. The molecule has 1 aromatic carbocycles. The van der Waals surface area contributed by atoms with Gasteiger partial charge in [-0.2, -0.15) is 0 Å². The number of carboxylic acid groups (broad SMARTS) is 1. The third-order valence-electron chi connectivity index (χ3n) is 7.67. The van der Waals surface area contributed by atoms with Gasteiger partial charge in [0, 0.05) is 54.6 Å². The quantitative estimate of drug-likeness (QED) is 0.314. The van der Waals surface area contributed by atoms with Gasteiger partial charge < -0.3 is 25.3 Å². The number of amides is 2. The Balaban J connectivity index is 1.57. The van der Waals surface area contributed by atoms with Crippen LogP contribution in [0.1, 0.15) is 86.0 Å². The molecule has 0 saturated heterocycles. The molecule has 0 radical (unpaired) electrons. The van der Waals surface area contributed by atoms with Crippen molar-refractivity contribution in [3.05, 3.63) is 53.2 Å². The van der Waals surface area contributed by atoms with Crippen LogP contribution in [0.25, 0.3) is 10.9 Å². The smallest absolute Gasteiger partial charge is 0.356 e. The molecule has 2 amide bonds. The second kappa shape index (κ2) is 11.8. The number of H-pyrrole nitrogens is 1. The van der Waals surface area contributed by atoms with Crippen molar-refractivity contribution in [2.75, 3.05) is 0 Å². The number of imidazole rings is 1. The minimum atomic E-state index is -1.13. The highest BCUT2D eigenvalue weighted by Gasteiger charge is 2.30. The zero-order valence-electron chi connectivity index (χ0n) is 22.7. The first-order valence-corrected chi connectivity index (χ1v) is 13.6. The lowest BCUT2D eigenvalue weighted by molar-refractivity contribution is -0.132. The monoisotopic (exact) mass is 521 g/mol. The number of aromatic amines is 1. The molecule has 1 fully saturated rings. The summed E-state index contributed by atoms with van der Waals surface area (Å²) >= 11 is 0. The maximum Gasteiger partial charge on any atom is 0.356 e. The molecule has 3 aromatic rings. The van der Waals surface area contributed by atoms with Gasteiger partial charge in [0.1, 0.15) is 5.82 Å². The fourth-order valence-electron chi connectivity index (χ4n) is 5.52. The van der Waals surface area contributed by atoms with Gasteiger partial charge in [0.15, 0.2) is 5.69 Å². The summed E-state index contributed by atoms with van der Waals surface area (Å²) in [5.74, 6) is -1.66. The lowest BCUT2D eigenvalue weighted by Crippen LogP contribution is -2.42. The number of carboxylic acids is 1. The van der Waals surface area contributed by atoms with Crippen LogP contribution in [0.2, 0.25) is 0 Å². The van der Waals surface area contributed by atoms with Crippen LogP contribution >= 0.6 is 0 Å². The Kier molecular flexibility index (Phi) is 8.54. The van der Waals surface area contributed by atoms with E-state index < -0.39 is 17.9 Å². The van der Waals surface area contributed by atoms with Crippen molar-refractivity contribution in [2.45, 2.75) is 77.8 Å². The summed E-state index contributed by atoms with van der Waals surface area (Å²) in [6, 6.07) is 7.61. The predicted molar refractivity (Wildman–Crippen MR) is 146 cm³/mol. The number of rotatable bonds is 10. The van der Waals surface area contributed by atoms with Crippen LogP contribution in [-0.2, 0) is 23.1 Å². The Bertz CT molecular complexity index is 1300. The Morgan fingerprint density at radius 1 is 1.16 bits per heavy atom. The normalized spacial score (nSPS) is 15.9. The third-order valence-corrected chi connectivity index (χ3v) is 7.67. The van der Waals surface area contributed by atoms with Crippen molar-refractivity contribution >= 4 is 28.7 Å². The van der Waals surface area contributed by atoms with Gasteiger partial charge in [0.25, 0.3) is 0 Å². The molecule has 2 heterocycles. The van der Waals surface area contributed by atoms with Gasteiger partial charge >= 0.3 is 5.97 Å². The van der Waals surface area contributed by atoms with Crippen LogP contribution in [0.5, 0.6) is 0 Å². The number of nitrogens with zero attached hydrogens (tertiary/aromatic N) is 2. The maximum atomic E-state index is 13.6. The van der Waals surface area contributed by atoms with Gasteiger partial charge in [-0.05, 0) is 37.3 Å². The van der Waals surface area contributed by atoms with E-state index in [2.05, 4.69) is 20.6 Å². The molecule has 1 saturated carbocycles. The van der Waals surface area contributed by atoms with Crippen molar-refractivity contribution < 1.29 is 19.5 Å². The van der Waals surface area contributed by atoms with Gasteiger partial charge in [-0.1, -0.05) is 51.3 Å². The summed E-state index contributed by atoms with van der Waals surface area (Å²) < 4.78 is 2.03. The van der Waals surface area contributed by atoms with E-state index in [-0.39, 0.29) is 35.9 Å². The van der Waals surface area contributed by atoms with Crippen molar-refractivity contribution in [1.29, 1.82) is 0 Å². The van der Waals surface area contributed by atoms with Crippen LogP contribution in [0.3, 0.4) is 0 Å². The number of hydrogen-bond acceptors (Lipinski definition) is 4. The largest absolute Gasteiger partial charge is 0.476 e. The summed E-state index contributed by atoms with van der Waals surface area (Å²) in [7, 11) is 1.97. The van der Waals surface area contributed by atoms with Crippen LogP contribution in [0.4, 0.5) is 0 Å². The van der Waals surface area contributed by atoms with Gasteiger partial charge in [-0.3, -0.25) is 9.59 Å². The van der Waals surface area contributed by atoms with E-state index in [9.17, 15) is 19.5 Å². The van der Waals surface area contributed by atoms with Gasteiger partial charge in [0.05, 0.1) is 6.04 Å². The standard InChI is InChI=1S/C29H39N5O4/c1-17(2)22(15-25(35)31-20-10-6-5-7-11-20)28(36)32-23(27-30-18(3)26(33-27)29(37)38)14-19-16-34(4)24-13-9-8-12-21(19)24/h8-9,12-13,16-17,20,22-23H,5-7,10-11,14-15H2,1-4H3,(H,30,33)(H,31,35)(H,32,36)(H,37,38)/t22-,23-/m1/s1. The lowest BCUT2D eigenvalue weighted by atomic mass is 9.89. The molecule has 0 aliphatic heterocycles. The molecule has 2 aromatic heterocycles. The van der Waals surface area contributed by atoms with Crippen LogP contribution < -0.4 is 10.6 Å². The molecule has 1 aliphatic rings. The van der Waals surface area contributed by atoms with E-state index in [0.29, 0.717) is 17.9 Å². The van der Waals surface area contributed by atoms with Crippen LogP contribution in [0.15, 0.2) is 30.5 Å². The molecular weight excluding hydrogens is 482 g/mol. The molecule has 4 rings (SSSR count). The Morgan fingerprint density at radius 3 is 2.53 bits per heavy atom. The summed E-state index contributed by atoms with van der Waals surface area (Å²) in [5.41, 5.74) is 2.44. The molecule has 1 aliphatic carbocycles. The highest BCUT2D eigenvalue weighted by atomic mass is 16.4. The topological polar surface area (TPSA) is 129 Å². The minimum absolute atomic E-state index is 0.0572. The first-order chi connectivity index (χ1) is 18.1. The molecular formula is C29H39N5O4. The number of carbonyl (C=O) groups is 3.